The molecule has 0 aromatic heterocycles. The van der Waals surface area contributed by atoms with Gasteiger partial charge in [0.05, 0.1) is 6.10 Å². The summed E-state index contributed by atoms with van der Waals surface area (Å²) in [7, 11) is 0. The topological polar surface area (TPSA) is 35.2 Å². The number of benzene rings is 1. The number of rotatable bonds is 6. The van der Waals surface area contributed by atoms with Crippen LogP contribution in [-0.2, 0) is 0 Å². The van der Waals surface area contributed by atoms with Crippen LogP contribution in [0, 0.1) is 11.3 Å². The van der Waals surface area contributed by atoms with Crippen LogP contribution in [0.1, 0.15) is 66.0 Å². The molecule has 0 fully saturated rings. The van der Waals surface area contributed by atoms with Crippen molar-refractivity contribution in [2.24, 2.45) is 17.1 Å². The van der Waals surface area contributed by atoms with Gasteiger partial charge in [0, 0.05) is 11.6 Å². The average Bonchev–Trinajstić information content (AvgIpc) is 2.25. The van der Waals surface area contributed by atoms with Crippen LogP contribution in [0.5, 0.6) is 5.75 Å². The molecule has 0 saturated carbocycles. The summed E-state index contributed by atoms with van der Waals surface area (Å²) in [5.74, 6) is 1.54. The van der Waals surface area contributed by atoms with Gasteiger partial charge in [-0.2, -0.15) is 0 Å². The number of hydrogen-bond acceptors (Lipinski definition) is 2. The fourth-order valence-corrected chi connectivity index (χ4v) is 2.84. The summed E-state index contributed by atoms with van der Waals surface area (Å²) in [5, 5.41) is 0. The number of hydrogen-bond donors (Lipinski definition) is 1. The van der Waals surface area contributed by atoms with E-state index in [0.29, 0.717) is 11.3 Å². The van der Waals surface area contributed by atoms with E-state index in [2.05, 4.69) is 33.8 Å². The van der Waals surface area contributed by atoms with Crippen molar-refractivity contribution in [3.05, 3.63) is 29.8 Å². The Morgan fingerprint density at radius 3 is 2.25 bits per heavy atom. The summed E-state index contributed by atoms with van der Waals surface area (Å²) in [6.07, 6.45) is 2.36. The molecular formula is C18H31NO. The van der Waals surface area contributed by atoms with Crippen molar-refractivity contribution in [2.75, 3.05) is 0 Å². The molecule has 2 N–H and O–H groups in total. The van der Waals surface area contributed by atoms with Crippen LogP contribution in [0.4, 0.5) is 0 Å². The maximum absolute atomic E-state index is 6.41. The molecule has 0 aliphatic heterocycles. The highest BCUT2D eigenvalue weighted by Gasteiger charge is 2.20. The summed E-state index contributed by atoms with van der Waals surface area (Å²) in [6, 6.07) is 8.20. The van der Waals surface area contributed by atoms with Gasteiger partial charge in [0.25, 0.3) is 0 Å². The molecule has 0 amide bonds. The van der Waals surface area contributed by atoms with Crippen LogP contribution >= 0.6 is 0 Å². The SMILES string of the molecule is CC(CC(N)c1ccccc1OC(C)C)CC(C)(C)C. The van der Waals surface area contributed by atoms with Crippen molar-refractivity contribution < 1.29 is 4.74 Å². The third-order valence-electron chi connectivity index (χ3n) is 3.30. The largest absolute Gasteiger partial charge is 0.491 e. The number of para-hydroxylation sites is 1. The highest BCUT2D eigenvalue weighted by Crippen LogP contribution is 2.32. The zero-order valence-electron chi connectivity index (χ0n) is 13.9. The second-order valence-corrected chi connectivity index (χ2v) is 7.42. The van der Waals surface area contributed by atoms with E-state index in [1.807, 2.05) is 32.0 Å². The van der Waals surface area contributed by atoms with Crippen LogP contribution in [0.2, 0.25) is 0 Å². The molecule has 2 nitrogen and oxygen atoms in total. The summed E-state index contributed by atoms with van der Waals surface area (Å²) in [6.45, 7) is 13.2. The first-order valence-corrected chi connectivity index (χ1v) is 7.70. The first kappa shape index (κ1) is 17.0. The Balaban J connectivity index is 2.74. The van der Waals surface area contributed by atoms with Gasteiger partial charge in [-0.05, 0) is 44.1 Å². The molecule has 20 heavy (non-hydrogen) atoms. The minimum Gasteiger partial charge on any atom is -0.491 e. The van der Waals surface area contributed by atoms with Gasteiger partial charge in [-0.3, -0.25) is 0 Å². The minimum absolute atomic E-state index is 0.0438. The van der Waals surface area contributed by atoms with Gasteiger partial charge in [-0.1, -0.05) is 45.9 Å². The second-order valence-electron chi connectivity index (χ2n) is 7.42. The lowest BCUT2D eigenvalue weighted by atomic mass is 9.82. The van der Waals surface area contributed by atoms with E-state index in [9.17, 15) is 0 Å². The molecule has 1 aromatic carbocycles. The van der Waals surface area contributed by atoms with Crippen molar-refractivity contribution in [1.82, 2.24) is 0 Å². The van der Waals surface area contributed by atoms with E-state index in [1.54, 1.807) is 0 Å². The summed E-state index contributed by atoms with van der Waals surface area (Å²) < 4.78 is 5.87. The second kappa shape index (κ2) is 7.12. The van der Waals surface area contributed by atoms with Gasteiger partial charge in [-0.15, -0.1) is 0 Å². The maximum Gasteiger partial charge on any atom is 0.124 e. The van der Waals surface area contributed by atoms with Crippen molar-refractivity contribution in [3.8, 4) is 5.75 Å². The van der Waals surface area contributed by atoms with Gasteiger partial charge in [0.15, 0.2) is 0 Å². The van der Waals surface area contributed by atoms with E-state index < -0.39 is 0 Å². The molecule has 1 rings (SSSR count). The fraction of sp³-hybridized carbons (Fsp3) is 0.667. The highest BCUT2D eigenvalue weighted by molar-refractivity contribution is 5.35. The smallest absolute Gasteiger partial charge is 0.124 e. The molecule has 1 aromatic rings. The van der Waals surface area contributed by atoms with Crippen molar-refractivity contribution in [2.45, 2.75) is 66.5 Å². The van der Waals surface area contributed by atoms with Crippen molar-refractivity contribution in [1.29, 1.82) is 0 Å². The van der Waals surface area contributed by atoms with E-state index in [1.165, 1.54) is 6.42 Å². The molecule has 2 unspecified atom stereocenters. The van der Waals surface area contributed by atoms with Crippen LogP contribution in [-0.4, -0.2) is 6.10 Å². The van der Waals surface area contributed by atoms with Crippen LogP contribution in [0.25, 0.3) is 0 Å². The minimum atomic E-state index is 0.0438. The summed E-state index contributed by atoms with van der Waals surface area (Å²) >= 11 is 0. The Morgan fingerprint density at radius 1 is 1.10 bits per heavy atom. The summed E-state index contributed by atoms with van der Waals surface area (Å²) in [5.41, 5.74) is 7.89. The Kier molecular flexibility index (Phi) is 6.07. The van der Waals surface area contributed by atoms with Gasteiger partial charge >= 0.3 is 0 Å². The zero-order valence-corrected chi connectivity index (χ0v) is 13.9. The van der Waals surface area contributed by atoms with Crippen LogP contribution in [0.3, 0.4) is 0 Å². The van der Waals surface area contributed by atoms with Gasteiger partial charge in [-0.25, -0.2) is 0 Å². The predicted octanol–water partition coefficient (Wildman–Crippen LogP) is 4.94. The first-order chi connectivity index (χ1) is 9.19. The highest BCUT2D eigenvalue weighted by atomic mass is 16.5. The Morgan fingerprint density at radius 2 is 1.70 bits per heavy atom. The number of nitrogens with two attached hydrogens (primary N) is 1. The van der Waals surface area contributed by atoms with Gasteiger partial charge < -0.3 is 10.5 Å². The molecule has 0 heterocycles. The molecule has 114 valence electrons. The van der Waals surface area contributed by atoms with E-state index >= 15 is 0 Å². The van der Waals surface area contributed by atoms with E-state index in [-0.39, 0.29) is 12.1 Å². The number of ether oxygens (including phenoxy) is 1. The Bertz CT molecular complexity index is 406. The first-order valence-electron chi connectivity index (χ1n) is 7.70. The lowest BCUT2D eigenvalue weighted by molar-refractivity contribution is 0.236. The van der Waals surface area contributed by atoms with Gasteiger partial charge in [0.2, 0.25) is 0 Å². The maximum atomic E-state index is 6.41. The predicted molar refractivity (Wildman–Crippen MR) is 87.0 cm³/mol. The Labute approximate surface area is 124 Å². The third kappa shape index (κ3) is 5.96. The van der Waals surface area contributed by atoms with Crippen LogP contribution < -0.4 is 10.5 Å². The molecule has 0 saturated heterocycles. The molecule has 0 spiro atoms. The molecule has 0 aliphatic rings. The fourth-order valence-electron chi connectivity index (χ4n) is 2.84. The average molecular weight is 277 g/mol. The zero-order chi connectivity index (χ0) is 15.3. The normalized spacial score (nSPS) is 15.2. The molecule has 0 aliphatic carbocycles. The van der Waals surface area contributed by atoms with E-state index in [4.69, 9.17) is 10.5 Å². The molecule has 0 radical (unpaired) electrons. The molecular weight excluding hydrogens is 246 g/mol. The molecule has 2 heteroatoms. The quantitative estimate of drug-likeness (QED) is 0.799. The van der Waals surface area contributed by atoms with Crippen LogP contribution in [0.15, 0.2) is 24.3 Å². The monoisotopic (exact) mass is 277 g/mol. The summed E-state index contributed by atoms with van der Waals surface area (Å²) in [4.78, 5) is 0. The van der Waals surface area contributed by atoms with E-state index in [0.717, 1.165) is 17.7 Å². The molecule has 0 bridgehead atoms. The molecule has 2 atom stereocenters. The lowest BCUT2D eigenvalue weighted by Crippen LogP contribution is -2.19. The van der Waals surface area contributed by atoms with Crippen molar-refractivity contribution in [3.63, 3.8) is 0 Å². The third-order valence-corrected chi connectivity index (χ3v) is 3.30. The lowest BCUT2D eigenvalue weighted by Gasteiger charge is -2.26. The Hall–Kier alpha value is -1.02. The standard InChI is InChI=1S/C18H31NO/c1-13(2)20-17-10-8-7-9-15(17)16(19)11-14(3)12-18(4,5)6/h7-10,13-14,16H,11-12,19H2,1-6H3. The van der Waals surface area contributed by atoms with Crippen molar-refractivity contribution >= 4 is 0 Å². The van der Waals surface area contributed by atoms with Gasteiger partial charge in [0.1, 0.15) is 5.75 Å².